The fourth-order valence-corrected chi connectivity index (χ4v) is 2.24. The fraction of sp³-hybridized carbons (Fsp3) is 0.462. The zero-order chi connectivity index (χ0) is 13.2. The monoisotopic (exact) mass is 345 g/mol. The Balaban J connectivity index is 3.67. The maximum absolute atomic E-state index is 5.46. The van der Waals surface area contributed by atoms with Gasteiger partial charge in [0.15, 0.2) is 11.5 Å². The van der Waals surface area contributed by atoms with Gasteiger partial charge in [0.2, 0.25) is 0 Å². The van der Waals surface area contributed by atoms with Gasteiger partial charge in [-0.3, -0.25) is 0 Å². The molecule has 0 atom stereocenters. The summed E-state index contributed by atoms with van der Waals surface area (Å²) in [6.45, 7) is 6.18. The zero-order valence-corrected chi connectivity index (χ0v) is 12.9. The smallest absolute Gasteiger partial charge is 0.184 e. The van der Waals surface area contributed by atoms with Crippen molar-refractivity contribution >= 4 is 22.6 Å². The Morgan fingerprint density at radius 1 is 1.18 bits per heavy atom. The molecule has 1 rings (SSSR count). The Kier molecular flexibility index (Phi) is 4.26. The Morgan fingerprint density at radius 2 is 1.71 bits per heavy atom. The second-order valence-electron chi connectivity index (χ2n) is 4.58. The number of nitrogens with zero attached hydrogens (tertiary/aromatic N) is 1. The first-order chi connectivity index (χ1) is 7.86. The highest BCUT2D eigenvalue weighted by atomic mass is 127. The van der Waals surface area contributed by atoms with E-state index >= 15 is 0 Å². The summed E-state index contributed by atoms with van der Waals surface area (Å²) < 4.78 is 11.6. The maximum Gasteiger partial charge on any atom is 0.184 e. The summed E-state index contributed by atoms with van der Waals surface area (Å²) >= 11 is 2.12. The van der Waals surface area contributed by atoms with Gasteiger partial charge in [-0.15, -0.1) is 6.42 Å². The van der Waals surface area contributed by atoms with Crippen LogP contribution in [0.2, 0.25) is 0 Å². The first-order valence-corrected chi connectivity index (χ1v) is 6.23. The summed E-state index contributed by atoms with van der Waals surface area (Å²) in [7, 11) is 3.22. The van der Waals surface area contributed by atoms with Gasteiger partial charge in [0.05, 0.1) is 23.5 Å². The average Bonchev–Trinajstić information content (AvgIpc) is 2.26. The van der Waals surface area contributed by atoms with E-state index in [1.165, 1.54) is 0 Å². The number of hydrogen-bond donors (Lipinski definition) is 0. The topological polar surface area (TPSA) is 31.4 Å². The number of ether oxygens (including phenoxy) is 2. The molecule has 0 aliphatic carbocycles. The molecule has 1 aromatic heterocycles. The van der Waals surface area contributed by atoms with Crippen LogP contribution in [0.3, 0.4) is 0 Å². The average molecular weight is 345 g/mol. The van der Waals surface area contributed by atoms with Crippen LogP contribution in [0, 0.1) is 15.9 Å². The van der Waals surface area contributed by atoms with Gasteiger partial charge >= 0.3 is 0 Å². The summed E-state index contributed by atoms with van der Waals surface area (Å²) in [5.74, 6) is 3.89. The molecule has 0 saturated heterocycles. The molecule has 0 fully saturated rings. The molecule has 0 spiro atoms. The van der Waals surface area contributed by atoms with Gasteiger partial charge in [-0.1, -0.05) is 20.8 Å². The number of pyridine rings is 1. The van der Waals surface area contributed by atoms with E-state index in [0.717, 1.165) is 9.26 Å². The van der Waals surface area contributed by atoms with E-state index < -0.39 is 0 Å². The summed E-state index contributed by atoms with van der Waals surface area (Å²) in [6, 6.07) is 0. The van der Waals surface area contributed by atoms with Gasteiger partial charge in [-0.2, -0.15) is 0 Å². The fourth-order valence-electron chi connectivity index (χ4n) is 1.50. The largest absolute Gasteiger partial charge is 0.492 e. The lowest BCUT2D eigenvalue weighted by molar-refractivity contribution is 0.339. The van der Waals surface area contributed by atoms with Gasteiger partial charge in [-0.25, -0.2) is 4.98 Å². The first-order valence-electron chi connectivity index (χ1n) is 5.15. The lowest BCUT2D eigenvalue weighted by atomic mass is 9.90. The SMILES string of the molecule is C#Cc1nc(C(C)(C)C)c(OC)c(OC)c1I. The van der Waals surface area contributed by atoms with E-state index in [1.807, 2.05) is 0 Å². The molecule has 0 amide bonds. The first kappa shape index (κ1) is 14.1. The molecule has 0 saturated carbocycles. The minimum absolute atomic E-state index is 0.158. The molecule has 0 unspecified atom stereocenters. The van der Waals surface area contributed by atoms with Crippen LogP contribution in [0.25, 0.3) is 0 Å². The molecule has 1 heterocycles. The minimum Gasteiger partial charge on any atom is -0.492 e. The molecule has 92 valence electrons. The highest BCUT2D eigenvalue weighted by Crippen LogP contribution is 2.40. The maximum atomic E-state index is 5.46. The number of halogens is 1. The molecule has 0 radical (unpaired) electrons. The molecular weight excluding hydrogens is 329 g/mol. The molecule has 3 nitrogen and oxygen atoms in total. The highest BCUT2D eigenvalue weighted by molar-refractivity contribution is 14.1. The highest BCUT2D eigenvalue weighted by Gasteiger charge is 2.27. The molecule has 0 aliphatic heterocycles. The van der Waals surface area contributed by atoms with Crippen molar-refractivity contribution in [2.75, 3.05) is 14.2 Å². The van der Waals surface area contributed by atoms with Crippen molar-refractivity contribution in [3.8, 4) is 23.8 Å². The second kappa shape index (κ2) is 5.13. The standard InChI is InChI=1S/C13H16INO2/c1-7-8-9(14)10(16-5)11(17-6)12(15-8)13(2,3)4/h1H,2-6H3. The van der Waals surface area contributed by atoms with Gasteiger partial charge in [0.1, 0.15) is 5.69 Å². The second-order valence-corrected chi connectivity index (χ2v) is 5.66. The van der Waals surface area contributed by atoms with E-state index in [4.69, 9.17) is 15.9 Å². The van der Waals surface area contributed by atoms with Crippen molar-refractivity contribution in [1.29, 1.82) is 0 Å². The van der Waals surface area contributed by atoms with Crippen LogP contribution in [-0.2, 0) is 5.41 Å². The normalized spacial score (nSPS) is 10.9. The van der Waals surface area contributed by atoms with Gasteiger partial charge < -0.3 is 9.47 Å². The number of rotatable bonds is 2. The van der Waals surface area contributed by atoms with E-state index in [0.29, 0.717) is 17.2 Å². The summed E-state index contributed by atoms with van der Waals surface area (Å²) in [5.41, 5.74) is 1.24. The molecule has 0 aliphatic rings. The van der Waals surface area contributed by atoms with Crippen molar-refractivity contribution in [1.82, 2.24) is 4.98 Å². The Labute approximate surface area is 116 Å². The molecule has 17 heavy (non-hydrogen) atoms. The van der Waals surface area contributed by atoms with Crippen molar-refractivity contribution in [2.24, 2.45) is 0 Å². The Morgan fingerprint density at radius 3 is 2.06 bits per heavy atom. The number of aromatic nitrogens is 1. The van der Waals surface area contributed by atoms with Crippen LogP contribution in [0.5, 0.6) is 11.5 Å². The van der Waals surface area contributed by atoms with Crippen molar-refractivity contribution < 1.29 is 9.47 Å². The van der Waals surface area contributed by atoms with Crippen molar-refractivity contribution in [3.05, 3.63) is 15.0 Å². The van der Waals surface area contributed by atoms with E-state index in [-0.39, 0.29) is 5.41 Å². The van der Waals surface area contributed by atoms with Gasteiger partial charge in [0, 0.05) is 5.41 Å². The van der Waals surface area contributed by atoms with Gasteiger partial charge in [-0.05, 0) is 28.5 Å². The predicted octanol–water partition coefficient (Wildman–Crippen LogP) is 2.98. The Bertz CT molecular complexity index is 470. The summed E-state index contributed by atoms with van der Waals surface area (Å²) in [4.78, 5) is 4.49. The quantitative estimate of drug-likeness (QED) is 0.610. The van der Waals surface area contributed by atoms with E-state index in [1.54, 1.807) is 14.2 Å². The van der Waals surface area contributed by atoms with Crippen LogP contribution < -0.4 is 9.47 Å². The van der Waals surface area contributed by atoms with Crippen LogP contribution >= 0.6 is 22.6 Å². The molecular formula is C13H16INO2. The van der Waals surface area contributed by atoms with Crippen LogP contribution in [0.1, 0.15) is 32.2 Å². The zero-order valence-electron chi connectivity index (χ0n) is 10.7. The molecule has 0 aromatic carbocycles. The molecule has 1 aromatic rings. The lowest BCUT2D eigenvalue weighted by Crippen LogP contribution is -2.17. The summed E-state index contributed by atoms with van der Waals surface area (Å²) in [5, 5.41) is 0. The third kappa shape index (κ3) is 2.65. The summed E-state index contributed by atoms with van der Waals surface area (Å²) in [6.07, 6.45) is 5.46. The van der Waals surface area contributed by atoms with E-state index in [9.17, 15) is 0 Å². The number of hydrogen-bond acceptors (Lipinski definition) is 3. The lowest BCUT2D eigenvalue weighted by Gasteiger charge is -2.23. The van der Waals surface area contributed by atoms with Crippen molar-refractivity contribution in [3.63, 3.8) is 0 Å². The van der Waals surface area contributed by atoms with E-state index in [2.05, 4.69) is 54.3 Å². The van der Waals surface area contributed by atoms with Crippen LogP contribution in [0.15, 0.2) is 0 Å². The Hall–Kier alpha value is -0.960. The predicted molar refractivity (Wildman–Crippen MR) is 76.7 cm³/mol. The third-order valence-electron chi connectivity index (χ3n) is 2.31. The van der Waals surface area contributed by atoms with Gasteiger partial charge in [0.25, 0.3) is 0 Å². The third-order valence-corrected chi connectivity index (χ3v) is 3.31. The number of terminal acetylenes is 1. The van der Waals surface area contributed by atoms with Crippen LogP contribution in [-0.4, -0.2) is 19.2 Å². The molecule has 0 N–H and O–H groups in total. The number of methoxy groups -OCH3 is 2. The van der Waals surface area contributed by atoms with Crippen molar-refractivity contribution in [2.45, 2.75) is 26.2 Å². The van der Waals surface area contributed by atoms with Crippen LogP contribution in [0.4, 0.5) is 0 Å². The molecule has 4 heteroatoms. The minimum atomic E-state index is -0.158. The molecule has 0 bridgehead atoms.